The zero-order valence-electron chi connectivity index (χ0n) is 19.8. The highest BCUT2D eigenvalue weighted by molar-refractivity contribution is 5.60. The average molecular weight is 428 g/mol. The molecule has 1 aromatic carbocycles. The average Bonchev–Trinajstić information content (AvgIpc) is 2.80. The number of ether oxygens (including phenoxy) is 1. The molecule has 0 bridgehead atoms. The van der Waals surface area contributed by atoms with E-state index in [1.54, 1.807) is 0 Å². The highest BCUT2D eigenvalue weighted by Crippen LogP contribution is 2.22. The molecule has 0 spiro atoms. The van der Waals surface area contributed by atoms with Crippen LogP contribution in [0.4, 0.5) is 4.39 Å². The Morgan fingerprint density at radius 2 is 1.45 bits per heavy atom. The van der Waals surface area contributed by atoms with Crippen molar-refractivity contribution >= 4 is 0 Å². The molecule has 1 heterocycles. The highest BCUT2D eigenvalue weighted by atomic mass is 19.1. The number of alkyl halides is 1. The van der Waals surface area contributed by atoms with E-state index in [2.05, 4.69) is 37.0 Å². The third kappa shape index (κ3) is 10.8. The van der Waals surface area contributed by atoms with Gasteiger partial charge in [0.25, 0.3) is 0 Å². The van der Waals surface area contributed by atoms with Crippen LogP contribution < -0.4 is 4.74 Å². The topological polar surface area (TPSA) is 22.1 Å². The summed E-state index contributed by atoms with van der Waals surface area (Å²) in [5.41, 5.74) is 3.14. The van der Waals surface area contributed by atoms with E-state index < -0.39 is 6.17 Å². The van der Waals surface area contributed by atoms with Crippen LogP contribution in [0.3, 0.4) is 0 Å². The normalized spacial score (nSPS) is 12.1. The molecule has 0 aliphatic rings. The Hall–Kier alpha value is -1.90. The van der Waals surface area contributed by atoms with Gasteiger partial charge in [0.05, 0.1) is 12.3 Å². The Balaban J connectivity index is 1.69. The van der Waals surface area contributed by atoms with E-state index in [4.69, 9.17) is 4.74 Å². The molecular weight excluding hydrogens is 385 g/mol. The number of rotatable bonds is 17. The number of aromatic nitrogens is 1. The van der Waals surface area contributed by atoms with Gasteiger partial charge >= 0.3 is 0 Å². The molecule has 1 unspecified atom stereocenters. The summed E-state index contributed by atoms with van der Waals surface area (Å²) in [5.74, 6) is 0.916. The maximum Gasteiger partial charge on any atom is 0.119 e. The third-order valence-electron chi connectivity index (χ3n) is 5.86. The number of aryl methyl sites for hydroxylation is 1. The maximum absolute atomic E-state index is 14.1. The van der Waals surface area contributed by atoms with Crippen molar-refractivity contribution in [1.29, 1.82) is 0 Å². The SMILES string of the molecule is CCCCCCCOc1ccc(-c2ccc(CCC(F)CCCCCCC)cn2)cc1. The van der Waals surface area contributed by atoms with Crippen molar-refractivity contribution in [2.75, 3.05) is 6.61 Å². The molecule has 1 aromatic heterocycles. The van der Waals surface area contributed by atoms with E-state index in [1.165, 1.54) is 44.9 Å². The standard InChI is InChI=1S/C28H42FNO/c1-3-5-7-9-11-13-26(29)18-14-24-15-21-28(30-23-24)25-16-19-27(20-17-25)31-22-12-10-8-6-4-2/h15-17,19-21,23,26H,3-14,18,22H2,1-2H3. The first-order valence-corrected chi connectivity index (χ1v) is 12.5. The predicted molar refractivity (Wildman–Crippen MR) is 131 cm³/mol. The van der Waals surface area contributed by atoms with Crippen molar-refractivity contribution < 1.29 is 9.13 Å². The minimum Gasteiger partial charge on any atom is -0.494 e. The number of nitrogens with zero attached hydrogens (tertiary/aromatic N) is 1. The second-order valence-electron chi connectivity index (χ2n) is 8.68. The van der Waals surface area contributed by atoms with Crippen LogP contribution in [0.2, 0.25) is 0 Å². The summed E-state index contributed by atoms with van der Waals surface area (Å²) in [4.78, 5) is 4.59. The van der Waals surface area contributed by atoms with Gasteiger partial charge in [-0.1, -0.05) is 77.7 Å². The lowest BCUT2D eigenvalue weighted by Crippen LogP contribution is -2.02. The van der Waals surface area contributed by atoms with Crippen molar-refractivity contribution in [2.45, 2.75) is 103 Å². The zero-order valence-corrected chi connectivity index (χ0v) is 19.8. The number of pyridine rings is 1. The monoisotopic (exact) mass is 427 g/mol. The van der Waals surface area contributed by atoms with Crippen molar-refractivity contribution in [3.8, 4) is 17.0 Å². The van der Waals surface area contributed by atoms with Gasteiger partial charge in [-0.2, -0.15) is 0 Å². The molecule has 1 atom stereocenters. The highest BCUT2D eigenvalue weighted by Gasteiger charge is 2.08. The smallest absolute Gasteiger partial charge is 0.119 e. The van der Waals surface area contributed by atoms with Crippen LogP contribution in [0, 0.1) is 0 Å². The van der Waals surface area contributed by atoms with Gasteiger partial charge in [-0.25, -0.2) is 4.39 Å². The van der Waals surface area contributed by atoms with Gasteiger partial charge in [0, 0.05) is 11.8 Å². The van der Waals surface area contributed by atoms with E-state index in [9.17, 15) is 4.39 Å². The fourth-order valence-corrected chi connectivity index (χ4v) is 3.80. The summed E-state index contributed by atoms with van der Waals surface area (Å²) in [6, 6.07) is 12.3. The first-order chi connectivity index (χ1) is 15.2. The van der Waals surface area contributed by atoms with E-state index in [-0.39, 0.29) is 0 Å². The molecular formula is C28H42FNO. The quantitative estimate of drug-likeness (QED) is 0.235. The Bertz CT molecular complexity index is 683. The largest absolute Gasteiger partial charge is 0.494 e. The van der Waals surface area contributed by atoms with Gasteiger partial charge < -0.3 is 4.74 Å². The summed E-state index contributed by atoms with van der Waals surface area (Å²) >= 11 is 0. The number of unbranched alkanes of at least 4 members (excludes halogenated alkanes) is 8. The van der Waals surface area contributed by atoms with Crippen LogP contribution >= 0.6 is 0 Å². The first kappa shape index (κ1) is 25.4. The van der Waals surface area contributed by atoms with Crippen molar-refractivity contribution in [1.82, 2.24) is 4.98 Å². The summed E-state index contributed by atoms with van der Waals surface area (Å²) in [5, 5.41) is 0. The Labute approximate surface area is 189 Å². The molecule has 2 rings (SSSR count). The van der Waals surface area contributed by atoms with Gasteiger partial charge in [0.15, 0.2) is 0 Å². The summed E-state index contributed by atoms with van der Waals surface area (Å²) in [6.45, 7) is 5.22. The summed E-state index contributed by atoms with van der Waals surface area (Å²) in [7, 11) is 0. The molecule has 0 amide bonds. The minimum absolute atomic E-state index is 0.597. The van der Waals surface area contributed by atoms with E-state index in [0.29, 0.717) is 12.8 Å². The van der Waals surface area contributed by atoms with Crippen molar-refractivity contribution in [3.05, 3.63) is 48.2 Å². The number of benzene rings is 1. The lowest BCUT2D eigenvalue weighted by atomic mass is 10.0. The Morgan fingerprint density at radius 1 is 0.774 bits per heavy atom. The van der Waals surface area contributed by atoms with E-state index in [1.807, 2.05) is 24.4 Å². The lowest BCUT2D eigenvalue weighted by Gasteiger charge is -2.09. The number of hydrogen-bond donors (Lipinski definition) is 0. The molecule has 0 aliphatic heterocycles. The van der Waals surface area contributed by atoms with Gasteiger partial charge in [-0.05, 0) is 61.6 Å². The van der Waals surface area contributed by atoms with Crippen LogP contribution in [0.25, 0.3) is 11.3 Å². The zero-order chi connectivity index (χ0) is 22.2. The van der Waals surface area contributed by atoms with Gasteiger partial charge in [-0.3, -0.25) is 4.98 Å². The number of halogens is 1. The molecule has 172 valence electrons. The fraction of sp³-hybridized carbons (Fsp3) is 0.607. The molecule has 0 aliphatic carbocycles. The summed E-state index contributed by atoms with van der Waals surface area (Å²) in [6.07, 6.45) is 15.4. The van der Waals surface area contributed by atoms with Gasteiger partial charge in [0.1, 0.15) is 11.9 Å². The van der Waals surface area contributed by atoms with E-state index in [0.717, 1.165) is 54.9 Å². The molecule has 0 saturated carbocycles. The second-order valence-corrected chi connectivity index (χ2v) is 8.68. The molecule has 0 radical (unpaired) electrons. The Morgan fingerprint density at radius 3 is 2.10 bits per heavy atom. The van der Waals surface area contributed by atoms with Crippen LogP contribution in [0.15, 0.2) is 42.6 Å². The Kier molecular flexibility index (Phi) is 13.0. The minimum atomic E-state index is -0.694. The van der Waals surface area contributed by atoms with Gasteiger partial charge in [0.2, 0.25) is 0 Å². The molecule has 31 heavy (non-hydrogen) atoms. The lowest BCUT2D eigenvalue weighted by molar-refractivity contribution is 0.287. The molecule has 0 saturated heterocycles. The first-order valence-electron chi connectivity index (χ1n) is 12.5. The van der Waals surface area contributed by atoms with E-state index >= 15 is 0 Å². The molecule has 0 N–H and O–H groups in total. The van der Waals surface area contributed by atoms with Crippen LogP contribution in [-0.4, -0.2) is 17.8 Å². The molecule has 2 nitrogen and oxygen atoms in total. The fourth-order valence-electron chi connectivity index (χ4n) is 3.80. The second kappa shape index (κ2) is 15.8. The third-order valence-corrected chi connectivity index (χ3v) is 5.86. The predicted octanol–water partition coefficient (Wildman–Crippen LogP) is 8.73. The van der Waals surface area contributed by atoms with Crippen LogP contribution in [0.5, 0.6) is 5.75 Å². The molecule has 0 fully saturated rings. The van der Waals surface area contributed by atoms with Crippen molar-refractivity contribution in [2.24, 2.45) is 0 Å². The van der Waals surface area contributed by atoms with Crippen LogP contribution in [0.1, 0.15) is 96.5 Å². The molecule has 3 heteroatoms. The summed E-state index contributed by atoms with van der Waals surface area (Å²) < 4.78 is 20.0. The van der Waals surface area contributed by atoms with Crippen molar-refractivity contribution in [3.63, 3.8) is 0 Å². The molecule has 2 aromatic rings. The van der Waals surface area contributed by atoms with Crippen LogP contribution in [-0.2, 0) is 6.42 Å². The number of hydrogen-bond acceptors (Lipinski definition) is 2. The van der Waals surface area contributed by atoms with Gasteiger partial charge in [-0.15, -0.1) is 0 Å². The maximum atomic E-state index is 14.1.